The molecule has 1 aromatic carbocycles. The number of amides is 1. The first-order valence-electron chi connectivity index (χ1n) is 6.19. The molecule has 1 aliphatic rings. The maximum Gasteiger partial charge on any atom is 0.254 e. The number of fused-ring (bicyclic) bond motifs is 1. The van der Waals surface area contributed by atoms with Gasteiger partial charge in [0.1, 0.15) is 12.4 Å². The van der Waals surface area contributed by atoms with Gasteiger partial charge in [0.2, 0.25) is 0 Å². The molecule has 0 bridgehead atoms. The first-order valence-corrected chi connectivity index (χ1v) is 6.19. The van der Waals surface area contributed by atoms with Crippen molar-refractivity contribution in [3.63, 3.8) is 0 Å². The van der Waals surface area contributed by atoms with Crippen LogP contribution >= 0.6 is 0 Å². The minimum atomic E-state index is 0.114. The van der Waals surface area contributed by atoms with E-state index in [0.717, 1.165) is 16.9 Å². The van der Waals surface area contributed by atoms with Crippen molar-refractivity contribution >= 4 is 5.91 Å². The number of methoxy groups -OCH3 is 1. The Morgan fingerprint density at radius 1 is 1.33 bits per heavy atom. The molecule has 98 valence electrons. The summed E-state index contributed by atoms with van der Waals surface area (Å²) < 4.78 is 10.5. The third kappa shape index (κ3) is 2.48. The van der Waals surface area contributed by atoms with Crippen LogP contribution in [0.1, 0.15) is 29.8 Å². The third-order valence-corrected chi connectivity index (χ3v) is 3.09. The van der Waals surface area contributed by atoms with Gasteiger partial charge in [0.05, 0.1) is 6.61 Å². The van der Waals surface area contributed by atoms with E-state index in [2.05, 4.69) is 0 Å². The van der Waals surface area contributed by atoms with Gasteiger partial charge in [-0.15, -0.1) is 0 Å². The monoisotopic (exact) mass is 249 g/mol. The maximum absolute atomic E-state index is 12.1. The predicted molar refractivity (Wildman–Crippen MR) is 68.8 cm³/mol. The van der Waals surface area contributed by atoms with E-state index in [0.29, 0.717) is 19.8 Å². The van der Waals surface area contributed by atoms with Crippen molar-refractivity contribution in [2.45, 2.75) is 26.4 Å². The Bertz CT molecular complexity index is 443. The van der Waals surface area contributed by atoms with E-state index in [4.69, 9.17) is 9.47 Å². The molecule has 4 heteroatoms. The van der Waals surface area contributed by atoms with Crippen molar-refractivity contribution in [1.29, 1.82) is 0 Å². The largest absolute Gasteiger partial charge is 0.491 e. The number of benzene rings is 1. The number of rotatable bonds is 5. The maximum atomic E-state index is 12.1. The zero-order chi connectivity index (χ0) is 13.1. The molecule has 0 aromatic heterocycles. The summed E-state index contributed by atoms with van der Waals surface area (Å²) in [6.45, 7) is 5.82. The first kappa shape index (κ1) is 12.9. The average molecular weight is 249 g/mol. The van der Waals surface area contributed by atoms with Crippen LogP contribution in [0.15, 0.2) is 18.2 Å². The van der Waals surface area contributed by atoms with Crippen molar-refractivity contribution in [2.75, 3.05) is 20.3 Å². The minimum Gasteiger partial charge on any atom is -0.491 e. The lowest BCUT2D eigenvalue weighted by molar-refractivity contribution is 0.0730. The van der Waals surface area contributed by atoms with Crippen LogP contribution in [0.4, 0.5) is 0 Å². The quantitative estimate of drug-likeness (QED) is 0.750. The molecule has 0 radical (unpaired) electrons. The zero-order valence-corrected chi connectivity index (χ0v) is 11.1. The molecule has 1 heterocycles. The van der Waals surface area contributed by atoms with Crippen molar-refractivity contribution < 1.29 is 14.3 Å². The Kier molecular flexibility index (Phi) is 3.87. The fourth-order valence-electron chi connectivity index (χ4n) is 2.07. The second-order valence-electron chi connectivity index (χ2n) is 4.69. The topological polar surface area (TPSA) is 38.8 Å². The van der Waals surface area contributed by atoms with E-state index in [1.807, 2.05) is 36.9 Å². The molecular weight excluding hydrogens is 230 g/mol. The van der Waals surface area contributed by atoms with E-state index in [1.165, 1.54) is 0 Å². The second-order valence-corrected chi connectivity index (χ2v) is 4.69. The second kappa shape index (κ2) is 5.40. The normalized spacial score (nSPS) is 14.2. The summed E-state index contributed by atoms with van der Waals surface area (Å²) in [6, 6.07) is 5.87. The van der Waals surface area contributed by atoms with E-state index >= 15 is 0 Å². The molecule has 2 rings (SSSR count). The molecule has 0 spiro atoms. The van der Waals surface area contributed by atoms with Gasteiger partial charge < -0.3 is 14.4 Å². The zero-order valence-electron chi connectivity index (χ0n) is 11.1. The standard InChI is InChI=1S/C14H19NO3/c1-10(2)15-9-11-8-12(18-7-6-17-3)4-5-13(11)14(15)16/h4-5,8,10H,6-7,9H2,1-3H3. The van der Waals surface area contributed by atoms with Crippen LogP contribution in [0, 0.1) is 0 Å². The molecule has 0 unspecified atom stereocenters. The van der Waals surface area contributed by atoms with Gasteiger partial charge in [-0.3, -0.25) is 4.79 Å². The lowest BCUT2D eigenvalue weighted by atomic mass is 10.1. The number of nitrogens with zero attached hydrogens (tertiary/aromatic N) is 1. The Hall–Kier alpha value is -1.55. The summed E-state index contributed by atoms with van der Waals surface area (Å²) >= 11 is 0. The van der Waals surface area contributed by atoms with Crippen LogP contribution < -0.4 is 4.74 Å². The smallest absolute Gasteiger partial charge is 0.254 e. The van der Waals surface area contributed by atoms with Crippen LogP contribution in [-0.2, 0) is 11.3 Å². The van der Waals surface area contributed by atoms with Gasteiger partial charge in [-0.25, -0.2) is 0 Å². The predicted octanol–water partition coefficient (Wildman–Crippen LogP) is 2.08. The molecule has 18 heavy (non-hydrogen) atoms. The number of hydrogen-bond donors (Lipinski definition) is 0. The van der Waals surface area contributed by atoms with Crippen LogP contribution in [-0.4, -0.2) is 37.2 Å². The van der Waals surface area contributed by atoms with Crippen LogP contribution in [0.5, 0.6) is 5.75 Å². The highest BCUT2D eigenvalue weighted by molar-refractivity contribution is 5.98. The van der Waals surface area contributed by atoms with Gasteiger partial charge in [-0.1, -0.05) is 0 Å². The molecule has 1 amide bonds. The summed E-state index contributed by atoms with van der Waals surface area (Å²) in [4.78, 5) is 13.9. The fourth-order valence-corrected chi connectivity index (χ4v) is 2.07. The highest BCUT2D eigenvalue weighted by Crippen LogP contribution is 2.27. The summed E-state index contributed by atoms with van der Waals surface area (Å²) in [5.41, 5.74) is 1.84. The van der Waals surface area contributed by atoms with Crippen LogP contribution in [0.25, 0.3) is 0 Å². The number of carbonyl (C=O) groups is 1. The molecule has 0 N–H and O–H groups in total. The molecule has 0 fully saturated rings. The molecular formula is C14H19NO3. The number of ether oxygens (including phenoxy) is 2. The van der Waals surface area contributed by atoms with Crippen molar-refractivity contribution in [3.8, 4) is 5.75 Å². The highest BCUT2D eigenvalue weighted by Gasteiger charge is 2.29. The van der Waals surface area contributed by atoms with Crippen molar-refractivity contribution in [2.24, 2.45) is 0 Å². The Morgan fingerprint density at radius 2 is 2.11 bits per heavy atom. The average Bonchev–Trinajstić information content (AvgIpc) is 2.67. The van der Waals surface area contributed by atoms with Gasteiger partial charge in [-0.2, -0.15) is 0 Å². The van der Waals surface area contributed by atoms with E-state index in [9.17, 15) is 4.79 Å². The van der Waals surface area contributed by atoms with Gasteiger partial charge in [0.25, 0.3) is 5.91 Å². The summed E-state index contributed by atoms with van der Waals surface area (Å²) in [5, 5.41) is 0. The summed E-state index contributed by atoms with van der Waals surface area (Å²) in [7, 11) is 1.64. The van der Waals surface area contributed by atoms with E-state index in [1.54, 1.807) is 7.11 Å². The number of carbonyl (C=O) groups excluding carboxylic acids is 1. The summed E-state index contributed by atoms with van der Waals surface area (Å²) in [5.74, 6) is 0.910. The lowest BCUT2D eigenvalue weighted by Gasteiger charge is -2.19. The van der Waals surface area contributed by atoms with E-state index < -0.39 is 0 Å². The van der Waals surface area contributed by atoms with Gasteiger partial charge in [-0.05, 0) is 37.6 Å². The molecule has 1 aliphatic heterocycles. The highest BCUT2D eigenvalue weighted by atomic mass is 16.5. The third-order valence-electron chi connectivity index (χ3n) is 3.09. The summed E-state index contributed by atoms with van der Waals surface area (Å²) in [6.07, 6.45) is 0. The SMILES string of the molecule is COCCOc1ccc2c(c1)CN(C(C)C)C2=O. The van der Waals surface area contributed by atoms with Crippen molar-refractivity contribution in [3.05, 3.63) is 29.3 Å². The van der Waals surface area contributed by atoms with Gasteiger partial charge >= 0.3 is 0 Å². The molecule has 0 saturated heterocycles. The van der Waals surface area contributed by atoms with Gasteiger partial charge in [0.15, 0.2) is 0 Å². The fraction of sp³-hybridized carbons (Fsp3) is 0.500. The Labute approximate surface area is 107 Å². The Morgan fingerprint density at radius 3 is 2.78 bits per heavy atom. The van der Waals surface area contributed by atoms with Crippen LogP contribution in [0.2, 0.25) is 0 Å². The Balaban J connectivity index is 2.11. The lowest BCUT2D eigenvalue weighted by Crippen LogP contribution is -2.30. The van der Waals surface area contributed by atoms with Crippen molar-refractivity contribution in [1.82, 2.24) is 4.90 Å². The first-order chi connectivity index (χ1) is 8.63. The molecule has 0 saturated carbocycles. The minimum absolute atomic E-state index is 0.114. The molecule has 0 atom stereocenters. The number of hydrogen-bond acceptors (Lipinski definition) is 3. The molecule has 4 nitrogen and oxygen atoms in total. The van der Waals surface area contributed by atoms with Crippen LogP contribution in [0.3, 0.4) is 0 Å². The molecule has 1 aromatic rings. The van der Waals surface area contributed by atoms with Gasteiger partial charge in [0, 0.05) is 25.3 Å². The molecule has 0 aliphatic carbocycles. The van der Waals surface area contributed by atoms with E-state index in [-0.39, 0.29) is 11.9 Å².